The summed E-state index contributed by atoms with van der Waals surface area (Å²) in [4.78, 5) is 25.0. The monoisotopic (exact) mass is 431 g/mol. The molecule has 0 aromatic rings. The van der Waals surface area contributed by atoms with Crippen LogP contribution in [0.5, 0.6) is 0 Å². The second-order valence-electron chi connectivity index (χ2n) is 10.5. The summed E-state index contributed by atoms with van der Waals surface area (Å²) >= 11 is 5.36. The van der Waals surface area contributed by atoms with E-state index in [-0.39, 0.29) is 34.6 Å². The molecule has 0 aromatic heterocycles. The summed E-state index contributed by atoms with van der Waals surface area (Å²) in [6.45, 7) is 7.65. The third kappa shape index (κ3) is 3.59. The van der Waals surface area contributed by atoms with Crippen molar-refractivity contribution < 1.29 is 9.59 Å². The molecule has 0 radical (unpaired) electrons. The van der Waals surface area contributed by atoms with E-state index in [0.717, 1.165) is 57.9 Å². The van der Waals surface area contributed by atoms with Gasteiger partial charge in [0.1, 0.15) is 0 Å². The van der Waals surface area contributed by atoms with Gasteiger partial charge in [-0.05, 0) is 86.4 Å². The van der Waals surface area contributed by atoms with Gasteiger partial charge in [-0.3, -0.25) is 9.59 Å². The molecule has 2 amide bonds. The Morgan fingerprint density at radius 2 is 2.00 bits per heavy atom. The van der Waals surface area contributed by atoms with Gasteiger partial charge in [0.2, 0.25) is 11.8 Å². The first-order chi connectivity index (χ1) is 14.3. The maximum Gasteiger partial charge on any atom is 0.243 e. The summed E-state index contributed by atoms with van der Waals surface area (Å²) in [5.41, 5.74) is 0.0956. The molecule has 30 heavy (non-hydrogen) atoms. The molecule has 5 nitrogen and oxygen atoms in total. The maximum atomic E-state index is 13.1. The number of thiocarbonyl (C=S) groups is 1. The Morgan fingerprint density at radius 3 is 2.77 bits per heavy atom. The second-order valence-corrected chi connectivity index (χ2v) is 10.9. The molecule has 1 aliphatic heterocycles. The van der Waals surface area contributed by atoms with Crippen molar-refractivity contribution in [3.8, 4) is 0 Å². The first-order valence-corrected chi connectivity index (χ1v) is 12.3. The number of nitrogens with one attached hydrogen (secondary N) is 3. The average molecular weight is 432 g/mol. The zero-order chi connectivity index (χ0) is 21.5. The molecule has 3 N–H and O–H groups in total. The SMILES string of the molecule is CCCCNC(=S)NC(=O)C1CC[C@H]2[C@@H]3CCC4NC(=O)C=C[C@]4(C)[C@@H]3CC[C@]12C. The van der Waals surface area contributed by atoms with Crippen LogP contribution in [0.15, 0.2) is 12.2 Å². The lowest BCUT2D eigenvalue weighted by Crippen LogP contribution is -2.59. The topological polar surface area (TPSA) is 70.2 Å². The predicted molar refractivity (Wildman–Crippen MR) is 123 cm³/mol. The van der Waals surface area contributed by atoms with Gasteiger partial charge in [0.25, 0.3) is 0 Å². The first-order valence-electron chi connectivity index (χ1n) is 11.9. The van der Waals surface area contributed by atoms with E-state index < -0.39 is 0 Å². The molecular formula is C24H37N3O2S. The van der Waals surface area contributed by atoms with Gasteiger partial charge >= 0.3 is 0 Å². The second kappa shape index (κ2) is 8.25. The minimum Gasteiger partial charge on any atom is -0.362 e. The Labute approximate surface area is 186 Å². The summed E-state index contributed by atoms with van der Waals surface area (Å²) in [7, 11) is 0. The molecule has 7 atom stereocenters. The van der Waals surface area contributed by atoms with Gasteiger partial charge in [-0.2, -0.15) is 0 Å². The van der Waals surface area contributed by atoms with Crippen molar-refractivity contribution >= 4 is 29.1 Å². The normalized spacial score (nSPS) is 41.8. The third-order valence-electron chi connectivity index (χ3n) is 9.05. The Hall–Kier alpha value is -1.43. The van der Waals surface area contributed by atoms with Gasteiger partial charge in [-0.25, -0.2) is 0 Å². The van der Waals surface area contributed by atoms with Crippen LogP contribution in [-0.4, -0.2) is 29.5 Å². The van der Waals surface area contributed by atoms with Gasteiger partial charge in [-0.1, -0.05) is 33.3 Å². The molecule has 3 saturated carbocycles. The highest BCUT2D eigenvalue weighted by atomic mass is 32.1. The number of fused-ring (bicyclic) bond motifs is 5. The molecule has 4 aliphatic rings. The van der Waals surface area contributed by atoms with Crippen LogP contribution < -0.4 is 16.0 Å². The minimum atomic E-state index is 0.0431. The molecule has 0 spiro atoms. The quantitative estimate of drug-likeness (QED) is 0.469. The smallest absolute Gasteiger partial charge is 0.243 e. The number of carbonyl (C=O) groups excluding carboxylic acids is 2. The largest absolute Gasteiger partial charge is 0.362 e. The van der Waals surface area contributed by atoms with E-state index in [1.807, 2.05) is 0 Å². The predicted octanol–water partition coefficient (Wildman–Crippen LogP) is 3.69. The van der Waals surface area contributed by atoms with E-state index in [4.69, 9.17) is 12.2 Å². The van der Waals surface area contributed by atoms with Crippen molar-refractivity contribution in [1.82, 2.24) is 16.0 Å². The van der Waals surface area contributed by atoms with Crippen molar-refractivity contribution in [1.29, 1.82) is 0 Å². The Bertz CT molecular complexity index is 753. The van der Waals surface area contributed by atoms with Crippen LogP contribution in [0.2, 0.25) is 0 Å². The van der Waals surface area contributed by atoms with Gasteiger partial charge in [-0.15, -0.1) is 0 Å². The van der Waals surface area contributed by atoms with Crippen molar-refractivity contribution in [3.05, 3.63) is 12.2 Å². The zero-order valence-electron chi connectivity index (χ0n) is 18.6. The minimum absolute atomic E-state index is 0.0431. The highest BCUT2D eigenvalue weighted by Gasteiger charge is 2.60. The Kier molecular flexibility index (Phi) is 5.99. The van der Waals surface area contributed by atoms with Crippen LogP contribution in [0.4, 0.5) is 0 Å². The number of carbonyl (C=O) groups is 2. The van der Waals surface area contributed by atoms with Crippen molar-refractivity contribution in [3.63, 3.8) is 0 Å². The maximum absolute atomic E-state index is 13.1. The lowest BCUT2D eigenvalue weighted by molar-refractivity contribution is -0.132. The standard InChI is InChI=1S/C24H37N3O2S/c1-4-5-14-25-22(30)27-21(29)18-8-7-16-15-6-9-19-24(3,13-11-20(28)26-19)17(15)10-12-23(16,18)2/h11,13,15-19H,4-10,12,14H2,1-3H3,(H,26,28)(H2,25,27,29,30)/t15-,16-,17+,18?,19?,23-,24+/m0/s1. The summed E-state index contributed by atoms with van der Waals surface area (Å²) in [5.74, 6) is 2.01. The molecule has 4 rings (SSSR count). The highest BCUT2D eigenvalue weighted by molar-refractivity contribution is 7.80. The Balaban J connectivity index is 1.46. The fraction of sp³-hybridized carbons (Fsp3) is 0.792. The summed E-state index contributed by atoms with van der Waals surface area (Å²) in [6.07, 6.45) is 12.6. The molecular weight excluding hydrogens is 394 g/mol. The van der Waals surface area contributed by atoms with E-state index in [1.54, 1.807) is 6.08 Å². The zero-order valence-corrected chi connectivity index (χ0v) is 19.4. The molecule has 0 saturated heterocycles. The third-order valence-corrected chi connectivity index (χ3v) is 9.30. The van der Waals surface area contributed by atoms with E-state index in [9.17, 15) is 9.59 Å². The molecule has 1 heterocycles. The van der Waals surface area contributed by atoms with Crippen LogP contribution in [0.25, 0.3) is 0 Å². The fourth-order valence-electron chi connectivity index (χ4n) is 7.39. The van der Waals surface area contributed by atoms with Crippen LogP contribution in [-0.2, 0) is 9.59 Å². The van der Waals surface area contributed by atoms with Crippen molar-refractivity contribution in [2.75, 3.05) is 6.54 Å². The molecule has 166 valence electrons. The summed E-state index contributed by atoms with van der Waals surface area (Å²) in [6, 6.07) is 0.257. The number of unbranched alkanes of at least 4 members (excludes halogenated alkanes) is 1. The van der Waals surface area contributed by atoms with Crippen molar-refractivity contribution in [2.45, 2.75) is 78.2 Å². The first kappa shape index (κ1) is 21.8. The molecule has 3 aliphatic carbocycles. The molecule has 3 fully saturated rings. The highest BCUT2D eigenvalue weighted by Crippen LogP contribution is 2.64. The van der Waals surface area contributed by atoms with Crippen LogP contribution in [0.3, 0.4) is 0 Å². The van der Waals surface area contributed by atoms with Gasteiger partial charge in [0, 0.05) is 23.9 Å². The van der Waals surface area contributed by atoms with E-state index >= 15 is 0 Å². The van der Waals surface area contributed by atoms with Gasteiger partial charge < -0.3 is 16.0 Å². The fourth-order valence-corrected chi connectivity index (χ4v) is 7.59. The summed E-state index contributed by atoms with van der Waals surface area (Å²) in [5, 5.41) is 9.85. The molecule has 0 aromatic carbocycles. The van der Waals surface area contributed by atoms with Gasteiger partial charge in [0.15, 0.2) is 5.11 Å². The molecule has 0 bridgehead atoms. The number of amides is 2. The average Bonchev–Trinajstić information content (AvgIpc) is 3.06. The van der Waals surface area contributed by atoms with Crippen LogP contribution >= 0.6 is 12.2 Å². The summed E-state index contributed by atoms with van der Waals surface area (Å²) < 4.78 is 0. The lowest BCUT2D eigenvalue weighted by atomic mass is 9.48. The van der Waals surface area contributed by atoms with Gasteiger partial charge in [0.05, 0.1) is 0 Å². The van der Waals surface area contributed by atoms with Crippen molar-refractivity contribution in [2.24, 2.45) is 34.5 Å². The van der Waals surface area contributed by atoms with Crippen LogP contribution in [0, 0.1) is 34.5 Å². The van der Waals surface area contributed by atoms with E-state index in [0.29, 0.717) is 22.9 Å². The lowest BCUT2D eigenvalue weighted by Gasteiger charge is -2.58. The Morgan fingerprint density at radius 1 is 1.20 bits per heavy atom. The van der Waals surface area contributed by atoms with E-state index in [2.05, 4.69) is 42.8 Å². The molecule has 2 unspecified atom stereocenters. The number of hydrogen-bond acceptors (Lipinski definition) is 3. The number of rotatable bonds is 4. The van der Waals surface area contributed by atoms with E-state index in [1.165, 1.54) is 0 Å². The molecule has 6 heteroatoms. The van der Waals surface area contributed by atoms with Crippen LogP contribution in [0.1, 0.15) is 72.1 Å². The number of hydrogen-bond donors (Lipinski definition) is 3.